The fourth-order valence-corrected chi connectivity index (χ4v) is 2.11. The van der Waals surface area contributed by atoms with Crippen molar-refractivity contribution in [2.75, 3.05) is 6.61 Å². The molecule has 20 heavy (non-hydrogen) atoms. The predicted molar refractivity (Wildman–Crippen MR) is 83.0 cm³/mol. The molecule has 0 spiro atoms. The van der Waals surface area contributed by atoms with Crippen LogP contribution in [-0.2, 0) is 9.47 Å². The van der Waals surface area contributed by atoms with Crippen molar-refractivity contribution in [2.24, 2.45) is 0 Å². The quantitative estimate of drug-likeness (QED) is 0.699. The van der Waals surface area contributed by atoms with Crippen LogP contribution in [0.1, 0.15) is 48.4 Å². The smallest absolute Gasteiger partial charge is 0.339 e. The summed E-state index contributed by atoms with van der Waals surface area (Å²) in [5.41, 5.74) is -0.285. The van der Waals surface area contributed by atoms with Crippen molar-refractivity contribution in [3.8, 4) is 0 Å². The number of esters is 2. The maximum Gasteiger partial charge on any atom is 0.339 e. The lowest BCUT2D eigenvalue weighted by Crippen LogP contribution is -2.25. The van der Waals surface area contributed by atoms with E-state index in [1.54, 1.807) is 39.8 Å². The van der Waals surface area contributed by atoms with Crippen molar-refractivity contribution in [3.05, 3.63) is 32.2 Å². The number of ether oxygens (including phenoxy) is 2. The molecule has 0 aromatic heterocycles. The number of carbonyl (C=O) groups excluding carboxylic acids is 2. The minimum Gasteiger partial charge on any atom is -0.462 e. The zero-order valence-corrected chi connectivity index (χ0v) is 14.9. The average Bonchev–Trinajstić information content (AvgIpc) is 2.30. The maximum atomic E-state index is 12.2. The van der Waals surface area contributed by atoms with Gasteiger partial charge in [0.1, 0.15) is 5.60 Å². The van der Waals surface area contributed by atoms with Crippen molar-refractivity contribution in [1.82, 2.24) is 0 Å². The van der Waals surface area contributed by atoms with Crippen LogP contribution in [0.3, 0.4) is 0 Å². The highest BCUT2D eigenvalue weighted by molar-refractivity contribution is 9.13. The lowest BCUT2D eigenvalue weighted by Gasteiger charge is -2.20. The molecule has 0 aliphatic rings. The summed E-state index contributed by atoms with van der Waals surface area (Å²) in [6, 6.07) is 3.09. The van der Waals surface area contributed by atoms with E-state index in [1.165, 1.54) is 0 Å². The summed E-state index contributed by atoms with van der Waals surface area (Å²) >= 11 is 6.61. The number of hydrogen-bond acceptors (Lipinski definition) is 4. The summed E-state index contributed by atoms with van der Waals surface area (Å²) < 4.78 is 11.6. The minimum atomic E-state index is -0.636. The van der Waals surface area contributed by atoms with Crippen LogP contribution in [-0.4, -0.2) is 24.1 Å². The van der Waals surface area contributed by atoms with Crippen LogP contribution in [0, 0.1) is 0 Å². The molecule has 0 atom stereocenters. The van der Waals surface area contributed by atoms with Gasteiger partial charge in [-0.05, 0) is 71.7 Å². The minimum absolute atomic E-state index is 0.174. The molecule has 110 valence electrons. The van der Waals surface area contributed by atoms with Crippen molar-refractivity contribution in [1.29, 1.82) is 0 Å². The van der Waals surface area contributed by atoms with E-state index >= 15 is 0 Å². The first kappa shape index (κ1) is 17.2. The fourth-order valence-electron chi connectivity index (χ4n) is 1.43. The molecule has 0 radical (unpaired) electrons. The Hall–Kier alpha value is -0.880. The standard InChI is InChI=1S/C14H16Br2O4/c1-5-19-12(17)8-6-10(15)11(16)7-9(8)13(18)20-14(2,3)4/h6-7H,5H2,1-4H3. The van der Waals surface area contributed by atoms with Crippen LogP contribution in [0.25, 0.3) is 0 Å². The second-order valence-corrected chi connectivity index (χ2v) is 6.74. The topological polar surface area (TPSA) is 52.6 Å². The monoisotopic (exact) mass is 406 g/mol. The summed E-state index contributed by atoms with van der Waals surface area (Å²) in [6.07, 6.45) is 0. The van der Waals surface area contributed by atoms with E-state index in [9.17, 15) is 9.59 Å². The van der Waals surface area contributed by atoms with E-state index in [0.29, 0.717) is 8.95 Å². The Kier molecular flexibility index (Phi) is 5.77. The first-order chi connectivity index (χ1) is 9.15. The van der Waals surface area contributed by atoms with Gasteiger partial charge in [-0.1, -0.05) is 0 Å². The van der Waals surface area contributed by atoms with Gasteiger partial charge in [-0.2, -0.15) is 0 Å². The molecule has 0 heterocycles. The summed E-state index contributed by atoms with van der Waals surface area (Å²) in [5, 5.41) is 0. The highest BCUT2D eigenvalue weighted by Crippen LogP contribution is 2.28. The molecule has 0 saturated heterocycles. The largest absolute Gasteiger partial charge is 0.462 e. The number of halogens is 2. The number of hydrogen-bond donors (Lipinski definition) is 0. The third kappa shape index (κ3) is 4.59. The first-order valence-electron chi connectivity index (χ1n) is 6.05. The molecular formula is C14H16Br2O4. The third-order valence-electron chi connectivity index (χ3n) is 2.17. The SMILES string of the molecule is CCOC(=O)c1cc(Br)c(Br)cc1C(=O)OC(C)(C)C. The second-order valence-electron chi connectivity index (χ2n) is 5.03. The van der Waals surface area contributed by atoms with Gasteiger partial charge in [-0.15, -0.1) is 0 Å². The van der Waals surface area contributed by atoms with E-state index in [2.05, 4.69) is 31.9 Å². The molecule has 1 aromatic carbocycles. The zero-order valence-electron chi connectivity index (χ0n) is 11.8. The average molecular weight is 408 g/mol. The summed E-state index contributed by atoms with van der Waals surface area (Å²) in [6.45, 7) is 7.24. The second kappa shape index (κ2) is 6.72. The van der Waals surface area contributed by atoms with Crippen molar-refractivity contribution in [3.63, 3.8) is 0 Å². The van der Waals surface area contributed by atoms with Crippen molar-refractivity contribution < 1.29 is 19.1 Å². The van der Waals surface area contributed by atoms with Crippen molar-refractivity contribution in [2.45, 2.75) is 33.3 Å². The fraction of sp³-hybridized carbons (Fsp3) is 0.429. The molecule has 4 nitrogen and oxygen atoms in total. The molecule has 0 aliphatic carbocycles. The van der Waals surface area contributed by atoms with Crippen LogP contribution in [0.5, 0.6) is 0 Å². The molecular weight excluding hydrogens is 392 g/mol. The van der Waals surface area contributed by atoms with Gasteiger partial charge in [0.2, 0.25) is 0 Å². The molecule has 0 N–H and O–H groups in total. The van der Waals surface area contributed by atoms with Gasteiger partial charge in [-0.3, -0.25) is 0 Å². The maximum absolute atomic E-state index is 12.2. The lowest BCUT2D eigenvalue weighted by molar-refractivity contribution is 0.00642. The molecule has 1 aromatic rings. The molecule has 0 amide bonds. The Balaban J connectivity index is 3.26. The number of carbonyl (C=O) groups is 2. The van der Waals surface area contributed by atoms with E-state index in [4.69, 9.17) is 9.47 Å². The van der Waals surface area contributed by atoms with Crippen LogP contribution in [0.2, 0.25) is 0 Å². The van der Waals surface area contributed by atoms with E-state index in [-0.39, 0.29) is 17.7 Å². The van der Waals surface area contributed by atoms with Crippen molar-refractivity contribution >= 4 is 43.8 Å². The van der Waals surface area contributed by atoms with Gasteiger partial charge in [0, 0.05) is 8.95 Å². The molecule has 0 unspecified atom stereocenters. The third-order valence-corrected chi connectivity index (χ3v) is 4.02. The molecule has 0 bridgehead atoms. The van der Waals surface area contributed by atoms with Gasteiger partial charge in [0.25, 0.3) is 0 Å². The van der Waals surface area contributed by atoms with E-state index in [0.717, 1.165) is 0 Å². The summed E-state index contributed by atoms with van der Waals surface area (Å²) in [5.74, 6) is -1.12. The van der Waals surface area contributed by atoms with Crippen LogP contribution in [0.15, 0.2) is 21.1 Å². The number of rotatable bonds is 3. The Morgan fingerprint density at radius 3 is 1.90 bits per heavy atom. The van der Waals surface area contributed by atoms with Gasteiger partial charge in [-0.25, -0.2) is 9.59 Å². The first-order valence-corrected chi connectivity index (χ1v) is 7.64. The van der Waals surface area contributed by atoms with E-state index < -0.39 is 17.5 Å². The van der Waals surface area contributed by atoms with Crippen LogP contribution < -0.4 is 0 Å². The lowest BCUT2D eigenvalue weighted by atomic mass is 10.1. The van der Waals surface area contributed by atoms with Gasteiger partial charge >= 0.3 is 11.9 Å². The van der Waals surface area contributed by atoms with Crippen LogP contribution >= 0.6 is 31.9 Å². The van der Waals surface area contributed by atoms with Gasteiger partial charge in [0.15, 0.2) is 0 Å². The Morgan fingerprint density at radius 2 is 1.50 bits per heavy atom. The molecule has 6 heteroatoms. The van der Waals surface area contributed by atoms with Crippen LogP contribution in [0.4, 0.5) is 0 Å². The molecule has 0 saturated carbocycles. The predicted octanol–water partition coefficient (Wildman–Crippen LogP) is 4.34. The van der Waals surface area contributed by atoms with Gasteiger partial charge in [0.05, 0.1) is 17.7 Å². The number of benzene rings is 1. The Morgan fingerprint density at radius 1 is 1.05 bits per heavy atom. The molecule has 0 aliphatic heterocycles. The summed E-state index contributed by atoms with van der Waals surface area (Å²) in [7, 11) is 0. The normalized spacial score (nSPS) is 11.1. The Bertz CT molecular complexity index is 533. The highest BCUT2D eigenvalue weighted by atomic mass is 79.9. The molecule has 1 rings (SSSR count). The van der Waals surface area contributed by atoms with E-state index in [1.807, 2.05) is 0 Å². The summed E-state index contributed by atoms with van der Waals surface area (Å²) in [4.78, 5) is 24.1. The zero-order chi connectivity index (χ0) is 15.5. The molecule has 0 fully saturated rings. The van der Waals surface area contributed by atoms with Gasteiger partial charge < -0.3 is 9.47 Å². The highest BCUT2D eigenvalue weighted by Gasteiger charge is 2.25. The Labute approximate surface area is 135 Å².